The summed E-state index contributed by atoms with van der Waals surface area (Å²) >= 11 is 0. The Balaban J connectivity index is 1.96. The quantitative estimate of drug-likeness (QED) is 0.725. The second-order valence-electron chi connectivity index (χ2n) is 4.35. The first-order valence-corrected chi connectivity index (χ1v) is 6.04. The molecule has 0 aromatic heterocycles. The van der Waals surface area contributed by atoms with Gasteiger partial charge in [0.1, 0.15) is 0 Å². The van der Waals surface area contributed by atoms with Gasteiger partial charge in [0, 0.05) is 12.8 Å². The van der Waals surface area contributed by atoms with Crippen molar-refractivity contribution in [3.63, 3.8) is 0 Å². The molecule has 0 saturated carbocycles. The van der Waals surface area contributed by atoms with E-state index < -0.39 is 0 Å². The van der Waals surface area contributed by atoms with Crippen molar-refractivity contribution in [1.82, 2.24) is 0 Å². The third-order valence-electron chi connectivity index (χ3n) is 2.86. The van der Waals surface area contributed by atoms with Gasteiger partial charge in [0.25, 0.3) is 0 Å². The van der Waals surface area contributed by atoms with Gasteiger partial charge >= 0.3 is 0 Å². The number of benzene rings is 2. The van der Waals surface area contributed by atoms with Gasteiger partial charge in [-0.15, -0.1) is 0 Å². The number of ketones is 1. The Morgan fingerprint density at radius 2 is 1.22 bits per heavy atom. The third kappa shape index (κ3) is 3.42. The maximum atomic E-state index is 12.0. The Hall–Kier alpha value is -2.15. The molecule has 90 valence electrons. The molecule has 0 aliphatic heterocycles. The minimum absolute atomic E-state index is 0.116. The van der Waals surface area contributed by atoms with Crippen LogP contribution < -0.4 is 0 Å². The first-order chi connectivity index (χ1) is 8.75. The molecule has 1 heteroatoms. The van der Waals surface area contributed by atoms with Crippen LogP contribution in [0.4, 0.5) is 0 Å². The number of hydrogen-bond acceptors (Lipinski definition) is 1. The number of Topliss-reactive ketones (excluding diaryl/α,β-unsaturated/α-hetero) is 1. The molecule has 0 bridgehead atoms. The Morgan fingerprint density at radius 1 is 0.778 bits per heavy atom. The standard InChI is InChI=1S/C17H16O/c1-14(12-15-8-4-2-5-9-15)17(18)13-16-10-6-3-7-11-16/h2-11H,1,12-13H2. The minimum atomic E-state index is 0.116. The maximum Gasteiger partial charge on any atom is 0.162 e. The second-order valence-corrected chi connectivity index (χ2v) is 4.35. The predicted molar refractivity (Wildman–Crippen MR) is 74.4 cm³/mol. The Labute approximate surface area is 108 Å². The lowest BCUT2D eigenvalue weighted by atomic mass is 9.99. The van der Waals surface area contributed by atoms with Crippen LogP contribution in [0.2, 0.25) is 0 Å². The van der Waals surface area contributed by atoms with Gasteiger partial charge < -0.3 is 0 Å². The molecule has 2 rings (SSSR count). The van der Waals surface area contributed by atoms with Crippen LogP contribution in [0.15, 0.2) is 72.8 Å². The van der Waals surface area contributed by atoms with Crippen LogP contribution in [0.25, 0.3) is 0 Å². The summed E-state index contributed by atoms with van der Waals surface area (Å²) in [5.41, 5.74) is 2.84. The van der Waals surface area contributed by atoms with Crippen molar-refractivity contribution in [1.29, 1.82) is 0 Å². The van der Waals surface area contributed by atoms with E-state index >= 15 is 0 Å². The molecule has 0 aliphatic rings. The summed E-state index contributed by atoms with van der Waals surface area (Å²) in [6.45, 7) is 3.90. The van der Waals surface area contributed by atoms with Crippen LogP contribution in [0.1, 0.15) is 11.1 Å². The highest BCUT2D eigenvalue weighted by atomic mass is 16.1. The summed E-state index contributed by atoms with van der Waals surface area (Å²) in [5.74, 6) is 0.116. The molecule has 0 aliphatic carbocycles. The lowest BCUT2D eigenvalue weighted by molar-refractivity contribution is -0.115. The van der Waals surface area contributed by atoms with Crippen molar-refractivity contribution in [2.75, 3.05) is 0 Å². The summed E-state index contributed by atoms with van der Waals surface area (Å²) < 4.78 is 0. The third-order valence-corrected chi connectivity index (χ3v) is 2.86. The molecule has 2 aromatic carbocycles. The summed E-state index contributed by atoms with van der Waals surface area (Å²) in [6, 6.07) is 19.7. The summed E-state index contributed by atoms with van der Waals surface area (Å²) in [4.78, 5) is 12.0. The van der Waals surface area contributed by atoms with E-state index in [9.17, 15) is 4.79 Å². The first-order valence-electron chi connectivity index (χ1n) is 6.04. The van der Waals surface area contributed by atoms with E-state index in [-0.39, 0.29) is 5.78 Å². The van der Waals surface area contributed by atoms with Crippen LogP contribution in [-0.4, -0.2) is 5.78 Å². The SMILES string of the molecule is C=C(Cc1ccccc1)C(=O)Cc1ccccc1. The molecule has 0 N–H and O–H groups in total. The average molecular weight is 236 g/mol. The van der Waals surface area contributed by atoms with Crippen molar-refractivity contribution >= 4 is 5.78 Å². The largest absolute Gasteiger partial charge is 0.294 e. The zero-order valence-electron chi connectivity index (χ0n) is 10.3. The van der Waals surface area contributed by atoms with Crippen molar-refractivity contribution in [3.8, 4) is 0 Å². The molecule has 0 saturated heterocycles. The van der Waals surface area contributed by atoms with E-state index in [4.69, 9.17) is 0 Å². The fourth-order valence-corrected chi connectivity index (χ4v) is 1.85. The molecule has 0 amide bonds. The van der Waals surface area contributed by atoms with Gasteiger partial charge in [-0.05, 0) is 16.7 Å². The average Bonchev–Trinajstić information content (AvgIpc) is 2.41. The van der Waals surface area contributed by atoms with E-state index in [1.807, 2.05) is 60.7 Å². The Kier molecular flexibility index (Phi) is 4.08. The maximum absolute atomic E-state index is 12.0. The number of allylic oxidation sites excluding steroid dienone is 1. The lowest BCUT2D eigenvalue weighted by Crippen LogP contribution is -2.07. The van der Waals surface area contributed by atoms with Gasteiger partial charge in [0.2, 0.25) is 0 Å². The molecule has 0 spiro atoms. The zero-order chi connectivity index (χ0) is 12.8. The molecule has 0 atom stereocenters. The van der Waals surface area contributed by atoms with Crippen molar-refractivity contribution in [2.45, 2.75) is 12.8 Å². The number of carbonyl (C=O) groups is 1. The van der Waals surface area contributed by atoms with Gasteiger partial charge in [-0.1, -0.05) is 67.2 Å². The van der Waals surface area contributed by atoms with E-state index in [1.165, 1.54) is 0 Å². The highest BCUT2D eigenvalue weighted by molar-refractivity contribution is 5.96. The molecular formula is C17H16O. The van der Waals surface area contributed by atoms with E-state index in [0.29, 0.717) is 18.4 Å². The molecule has 1 nitrogen and oxygen atoms in total. The number of hydrogen-bond donors (Lipinski definition) is 0. The number of rotatable bonds is 5. The van der Waals surface area contributed by atoms with Crippen molar-refractivity contribution in [2.24, 2.45) is 0 Å². The number of carbonyl (C=O) groups excluding carboxylic acids is 1. The smallest absolute Gasteiger partial charge is 0.162 e. The molecular weight excluding hydrogens is 220 g/mol. The van der Waals surface area contributed by atoms with Gasteiger partial charge in [0.05, 0.1) is 0 Å². The summed E-state index contributed by atoms with van der Waals surface area (Å²) in [7, 11) is 0. The van der Waals surface area contributed by atoms with E-state index in [0.717, 1.165) is 11.1 Å². The van der Waals surface area contributed by atoms with Crippen LogP contribution in [0.5, 0.6) is 0 Å². The van der Waals surface area contributed by atoms with E-state index in [1.54, 1.807) is 0 Å². The van der Waals surface area contributed by atoms with Crippen LogP contribution >= 0.6 is 0 Å². The van der Waals surface area contributed by atoms with Crippen LogP contribution in [0.3, 0.4) is 0 Å². The summed E-state index contributed by atoms with van der Waals surface area (Å²) in [5, 5.41) is 0. The molecule has 0 heterocycles. The van der Waals surface area contributed by atoms with Crippen LogP contribution in [-0.2, 0) is 17.6 Å². The van der Waals surface area contributed by atoms with E-state index in [2.05, 4.69) is 6.58 Å². The molecule has 0 unspecified atom stereocenters. The van der Waals surface area contributed by atoms with Gasteiger partial charge in [-0.25, -0.2) is 0 Å². The van der Waals surface area contributed by atoms with Crippen molar-refractivity contribution in [3.05, 3.63) is 83.9 Å². The molecule has 0 radical (unpaired) electrons. The highest BCUT2D eigenvalue weighted by Crippen LogP contribution is 2.10. The Bertz CT molecular complexity index is 475. The monoisotopic (exact) mass is 236 g/mol. The van der Waals surface area contributed by atoms with Crippen molar-refractivity contribution < 1.29 is 4.79 Å². The molecule has 18 heavy (non-hydrogen) atoms. The lowest BCUT2D eigenvalue weighted by Gasteiger charge is -2.05. The normalized spacial score (nSPS) is 10.0. The first kappa shape index (κ1) is 12.3. The predicted octanol–water partition coefficient (Wildman–Crippen LogP) is 3.60. The fourth-order valence-electron chi connectivity index (χ4n) is 1.85. The van der Waals surface area contributed by atoms with Gasteiger partial charge in [0.15, 0.2) is 5.78 Å². The molecule has 0 fully saturated rings. The molecule has 2 aromatic rings. The minimum Gasteiger partial charge on any atom is -0.294 e. The van der Waals surface area contributed by atoms with Crippen LogP contribution in [0, 0.1) is 0 Å². The Morgan fingerprint density at radius 3 is 1.72 bits per heavy atom. The summed E-state index contributed by atoms with van der Waals surface area (Å²) in [6.07, 6.45) is 1.07. The van der Waals surface area contributed by atoms with Gasteiger partial charge in [-0.2, -0.15) is 0 Å². The zero-order valence-corrected chi connectivity index (χ0v) is 10.3. The van der Waals surface area contributed by atoms with Gasteiger partial charge in [-0.3, -0.25) is 4.79 Å². The topological polar surface area (TPSA) is 17.1 Å². The fraction of sp³-hybridized carbons (Fsp3) is 0.118. The highest BCUT2D eigenvalue weighted by Gasteiger charge is 2.08. The second kappa shape index (κ2) is 5.97.